The fraction of sp³-hybridized carbons (Fsp3) is 0.333. The molecule has 10 nitrogen and oxygen atoms in total. The van der Waals surface area contributed by atoms with Crippen LogP contribution in [-0.2, 0) is 0 Å². The maximum absolute atomic E-state index is 9.39. The second-order valence-electron chi connectivity index (χ2n) is 5.60. The van der Waals surface area contributed by atoms with Crippen LogP contribution < -0.4 is 11.1 Å². The summed E-state index contributed by atoms with van der Waals surface area (Å²) in [5, 5.41) is 39.3. The Hall–Kier alpha value is -4.28. The molecule has 0 fully saturated rings. The molecular formula is C18H16N10. The molecule has 2 rings (SSSR count). The Labute approximate surface area is 162 Å². The van der Waals surface area contributed by atoms with E-state index in [1.54, 1.807) is 7.05 Å². The van der Waals surface area contributed by atoms with Crippen LogP contribution in [0.5, 0.6) is 0 Å². The third kappa shape index (κ3) is 4.09. The maximum Gasteiger partial charge on any atom is 0.172 e. The van der Waals surface area contributed by atoms with E-state index in [2.05, 4.69) is 25.3 Å². The molecule has 138 valence electrons. The van der Waals surface area contributed by atoms with Gasteiger partial charge in [-0.1, -0.05) is 0 Å². The van der Waals surface area contributed by atoms with Gasteiger partial charge in [0.15, 0.2) is 11.4 Å². The highest BCUT2D eigenvalue weighted by Crippen LogP contribution is 2.32. The Morgan fingerprint density at radius 1 is 1.00 bits per heavy atom. The van der Waals surface area contributed by atoms with Crippen molar-refractivity contribution in [1.29, 1.82) is 21.0 Å². The van der Waals surface area contributed by atoms with Crippen LogP contribution in [0.4, 0.5) is 0 Å². The van der Waals surface area contributed by atoms with Crippen LogP contribution in [-0.4, -0.2) is 43.0 Å². The molecular weight excluding hydrogens is 356 g/mol. The number of nitrogens with zero attached hydrogens (tertiary/aromatic N) is 8. The van der Waals surface area contributed by atoms with Gasteiger partial charge in [0, 0.05) is 25.9 Å². The number of hydrogen-bond donors (Lipinski definition) is 2. The van der Waals surface area contributed by atoms with Crippen molar-refractivity contribution in [2.75, 3.05) is 7.05 Å². The molecule has 1 aliphatic heterocycles. The Bertz CT molecular complexity index is 995. The van der Waals surface area contributed by atoms with Gasteiger partial charge in [-0.05, 0) is 0 Å². The van der Waals surface area contributed by atoms with Crippen LogP contribution >= 0.6 is 0 Å². The van der Waals surface area contributed by atoms with Gasteiger partial charge >= 0.3 is 0 Å². The lowest BCUT2D eigenvalue weighted by molar-refractivity contribution is 0.619. The van der Waals surface area contributed by atoms with Crippen LogP contribution in [0.15, 0.2) is 42.8 Å². The normalized spacial score (nSPS) is 21.8. The highest BCUT2D eigenvalue weighted by Gasteiger charge is 2.34. The van der Waals surface area contributed by atoms with Crippen molar-refractivity contribution in [3.05, 3.63) is 22.8 Å². The maximum atomic E-state index is 9.39. The summed E-state index contributed by atoms with van der Waals surface area (Å²) in [7, 11) is 1.65. The molecule has 2 bridgehead atoms. The first-order valence-corrected chi connectivity index (χ1v) is 8.28. The molecule has 0 saturated carbocycles. The van der Waals surface area contributed by atoms with Crippen LogP contribution in [0.1, 0.15) is 19.3 Å². The molecule has 0 aromatic heterocycles. The molecule has 1 heterocycles. The summed E-state index contributed by atoms with van der Waals surface area (Å²) in [5.74, 6) is 0. The second kappa shape index (κ2) is 9.43. The number of nitrogens with one attached hydrogen (secondary N) is 1. The smallest absolute Gasteiger partial charge is 0.172 e. The van der Waals surface area contributed by atoms with Crippen molar-refractivity contribution in [1.82, 2.24) is 5.32 Å². The van der Waals surface area contributed by atoms with E-state index in [0.29, 0.717) is 17.1 Å². The van der Waals surface area contributed by atoms with Gasteiger partial charge in [-0.3, -0.25) is 20.0 Å². The molecule has 2 atom stereocenters. The van der Waals surface area contributed by atoms with E-state index in [0.717, 1.165) is 0 Å². The van der Waals surface area contributed by atoms with Gasteiger partial charge < -0.3 is 11.1 Å². The van der Waals surface area contributed by atoms with Crippen LogP contribution in [0.3, 0.4) is 0 Å². The van der Waals surface area contributed by atoms with Crippen molar-refractivity contribution in [3.8, 4) is 24.3 Å². The predicted molar refractivity (Wildman–Crippen MR) is 103 cm³/mol. The monoisotopic (exact) mass is 372 g/mol. The highest BCUT2D eigenvalue weighted by molar-refractivity contribution is 6.53. The van der Waals surface area contributed by atoms with Crippen molar-refractivity contribution < 1.29 is 0 Å². The SMILES string of the molecule is CNC1=C(N=CCC#N)C2CC(N=C(C#N)C(C#N)=N2)C(N=CCC#N)=C1N. The first kappa shape index (κ1) is 20.0. The van der Waals surface area contributed by atoms with Crippen LogP contribution in [0, 0.1) is 45.3 Å². The van der Waals surface area contributed by atoms with Gasteiger partial charge in [-0.15, -0.1) is 0 Å². The fourth-order valence-corrected chi connectivity index (χ4v) is 2.81. The molecule has 0 amide bonds. The van der Waals surface area contributed by atoms with Gasteiger partial charge in [0.05, 0.1) is 59.9 Å². The highest BCUT2D eigenvalue weighted by atomic mass is 15.0. The lowest BCUT2D eigenvalue weighted by atomic mass is 10.1. The van der Waals surface area contributed by atoms with E-state index in [1.165, 1.54) is 12.4 Å². The van der Waals surface area contributed by atoms with Crippen molar-refractivity contribution in [3.63, 3.8) is 0 Å². The Kier molecular flexibility index (Phi) is 6.75. The molecule has 2 aliphatic rings. The van der Waals surface area contributed by atoms with Crippen molar-refractivity contribution in [2.45, 2.75) is 31.3 Å². The molecule has 0 aromatic rings. The fourth-order valence-electron chi connectivity index (χ4n) is 2.81. The first-order chi connectivity index (χ1) is 13.6. The van der Waals surface area contributed by atoms with E-state index in [-0.39, 0.29) is 36.4 Å². The average molecular weight is 372 g/mol. The average Bonchev–Trinajstić information content (AvgIpc) is 2.94. The summed E-state index contributed by atoms with van der Waals surface area (Å²) in [6, 6.07) is 6.46. The van der Waals surface area contributed by atoms with Gasteiger partial charge in [0.25, 0.3) is 0 Å². The minimum atomic E-state index is -0.642. The summed E-state index contributed by atoms with van der Waals surface area (Å²) in [4.78, 5) is 17.4. The minimum Gasteiger partial charge on any atom is -0.395 e. The summed E-state index contributed by atoms with van der Waals surface area (Å²) >= 11 is 0. The molecule has 2 unspecified atom stereocenters. The summed E-state index contributed by atoms with van der Waals surface area (Å²) < 4.78 is 0. The van der Waals surface area contributed by atoms with E-state index in [1.807, 2.05) is 24.3 Å². The Balaban J connectivity index is 2.76. The lowest BCUT2D eigenvalue weighted by Crippen LogP contribution is -2.22. The van der Waals surface area contributed by atoms with Gasteiger partial charge in [0.2, 0.25) is 0 Å². The molecule has 1 aliphatic carbocycles. The third-order valence-electron chi connectivity index (χ3n) is 3.96. The van der Waals surface area contributed by atoms with E-state index < -0.39 is 12.1 Å². The van der Waals surface area contributed by atoms with E-state index >= 15 is 0 Å². The van der Waals surface area contributed by atoms with Gasteiger partial charge in [-0.2, -0.15) is 21.0 Å². The first-order valence-electron chi connectivity index (χ1n) is 8.28. The van der Waals surface area contributed by atoms with Crippen molar-refractivity contribution in [2.24, 2.45) is 25.7 Å². The van der Waals surface area contributed by atoms with E-state index in [9.17, 15) is 10.5 Å². The summed E-state index contributed by atoms with van der Waals surface area (Å²) in [6.07, 6.45) is 3.28. The number of fused-ring (bicyclic) bond motifs is 2. The zero-order valence-electron chi connectivity index (χ0n) is 15.1. The Morgan fingerprint density at radius 3 is 1.96 bits per heavy atom. The quantitative estimate of drug-likeness (QED) is 0.667. The predicted octanol–water partition coefficient (Wildman–Crippen LogP) is 0.640. The molecule has 28 heavy (non-hydrogen) atoms. The topological polar surface area (TPSA) is 183 Å². The second-order valence-corrected chi connectivity index (χ2v) is 5.60. The molecule has 0 spiro atoms. The lowest BCUT2D eigenvalue weighted by Gasteiger charge is -2.15. The largest absolute Gasteiger partial charge is 0.395 e. The summed E-state index contributed by atoms with van der Waals surface area (Å²) in [6.45, 7) is 0. The number of rotatable bonds is 5. The molecule has 10 heteroatoms. The van der Waals surface area contributed by atoms with Crippen LogP contribution in [0.25, 0.3) is 0 Å². The number of nitrogens with two attached hydrogens (primary N) is 1. The molecule has 3 N–H and O–H groups in total. The van der Waals surface area contributed by atoms with Gasteiger partial charge in [-0.25, -0.2) is 0 Å². The molecule has 0 saturated heterocycles. The van der Waals surface area contributed by atoms with Crippen LogP contribution in [0.2, 0.25) is 0 Å². The van der Waals surface area contributed by atoms with E-state index in [4.69, 9.17) is 16.3 Å². The number of aliphatic imine (C=N–C) groups is 4. The zero-order valence-corrected chi connectivity index (χ0v) is 15.1. The minimum absolute atomic E-state index is 0.0769. The van der Waals surface area contributed by atoms with Crippen molar-refractivity contribution >= 4 is 23.9 Å². The summed E-state index contributed by atoms with van der Waals surface area (Å²) in [5.41, 5.74) is 7.61. The third-order valence-corrected chi connectivity index (χ3v) is 3.96. The standard InChI is InChI=1S/C18H16N10/c1-24-18-15(23)16(25-6-2-4-19)11-8-12(17(18)26-7-3-5-20)28-14(10-22)13(9-21)27-11/h6-7,11-12,24H,2-3,8,23H2,1H3. The molecule has 0 aromatic carbocycles. The number of hydrogen-bond acceptors (Lipinski definition) is 10. The number of nitriles is 4. The molecule has 0 radical (unpaired) electrons. The zero-order chi connectivity index (χ0) is 20.5. The number of likely N-dealkylation sites (N-methyl/N-ethyl adjacent to an activating group) is 1. The Morgan fingerprint density at radius 2 is 1.50 bits per heavy atom. The van der Waals surface area contributed by atoms with Gasteiger partial charge in [0.1, 0.15) is 12.1 Å².